The van der Waals surface area contributed by atoms with Crippen LogP contribution in [0, 0.1) is 6.92 Å². The van der Waals surface area contributed by atoms with Gasteiger partial charge in [0.1, 0.15) is 0 Å². The molecule has 2 rings (SSSR count). The van der Waals surface area contributed by atoms with E-state index in [0.717, 1.165) is 25.9 Å². The molecular weight excluding hydrogens is 256 g/mol. The van der Waals surface area contributed by atoms with E-state index in [-0.39, 0.29) is 18.5 Å². The van der Waals surface area contributed by atoms with Crippen LogP contribution in [-0.2, 0) is 4.79 Å². The van der Waals surface area contributed by atoms with Gasteiger partial charge in [0.25, 0.3) is 5.91 Å². The Balaban J connectivity index is 2.23. The third-order valence-electron chi connectivity index (χ3n) is 3.57. The van der Waals surface area contributed by atoms with E-state index in [4.69, 9.17) is 5.73 Å². The average Bonchev–Trinajstić information content (AvgIpc) is 2.45. The Morgan fingerprint density at radius 3 is 2.75 bits per heavy atom. The van der Waals surface area contributed by atoms with Gasteiger partial charge in [-0.05, 0) is 45.0 Å². The van der Waals surface area contributed by atoms with Crippen molar-refractivity contribution in [2.24, 2.45) is 5.73 Å². The SMILES string of the molecule is Cc1ncccc1C(=O)N(CC(N)=O)C1CCNCC1. The van der Waals surface area contributed by atoms with Crippen molar-refractivity contribution in [2.45, 2.75) is 25.8 Å². The molecular formula is C14H20N4O2. The van der Waals surface area contributed by atoms with Crippen LogP contribution in [-0.4, -0.2) is 47.4 Å². The molecule has 1 aliphatic heterocycles. The molecule has 0 radical (unpaired) electrons. The first-order valence-electron chi connectivity index (χ1n) is 6.81. The maximum atomic E-state index is 12.7. The number of primary amides is 1. The second-order valence-electron chi connectivity index (χ2n) is 5.02. The van der Waals surface area contributed by atoms with Gasteiger partial charge >= 0.3 is 0 Å². The summed E-state index contributed by atoms with van der Waals surface area (Å²) in [5, 5.41) is 3.25. The van der Waals surface area contributed by atoms with E-state index in [1.807, 2.05) is 0 Å². The molecule has 3 N–H and O–H groups in total. The van der Waals surface area contributed by atoms with Crippen molar-refractivity contribution in [3.05, 3.63) is 29.6 Å². The second-order valence-corrected chi connectivity index (χ2v) is 5.02. The highest BCUT2D eigenvalue weighted by Gasteiger charge is 2.28. The number of nitrogens with one attached hydrogen (secondary N) is 1. The fourth-order valence-corrected chi connectivity index (χ4v) is 2.52. The van der Waals surface area contributed by atoms with Crippen LogP contribution >= 0.6 is 0 Å². The Morgan fingerprint density at radius 2 is 2.15 bits per heavy atom. The van der Waals surface area contributed by atoms with Crippen LogP contribution in [0.1, 0.15) is 28.9 Å². The maximum absolute atomic E-state index is 12.7. The summed E-state index contributed by atoms with van der Waals surface area (Å²) in [6.07, 6.45) is 3.31. The van der Waals surface area contributed by atoms with Gasteiger partial charge in [-0.15, -0.1) is 0 Å². The summed E-state index contributed by atoms with van der Waals surface area (Å²) in [5.41, 5.74) is 6.49. The van der Waals surface area contributed by atoms with Gasteiger partial charge in [-0.2, -0.15) is 0 Å². The van der Waals surface area contributed by atoms with Crippen LogP contribution in [0.25, 0.3) is 0 Å². The van der Waals surface area contributed by atoms with E-state index in [0.29, 0.717) is 11.3 Å². The first-order valence-corrected chi connectivity index (χ1v) is 6.81. The Bertz CT molecular complexity index is 498. The molecule has 1 aliphatic rings. The van der Waals surface area contributed by atoms with Gasteiger partial charge in [-0.25, -0.2) is 0 Å². The molecule has 20 heavy (non-hydrogen) atoms. The minimum absolute atomic E-state index is 0.0438. The Hall–Kier alpha value is -1.95. The van der Waals surface area contributed by atoms with E-state index in [9.17, 15) is 9.59 Å². The molecule has 1 fully saturated rings. The summed E-state index contributed by atoms with van der Waals surface area (Å²) in [7, 11) is 0. The Labute approximate surface area is 118 Å². The predicted octanol–water partition coefficient (Wildman–Crippen LogP) is 0.0695. The van der Waals surface area contributed by atoms with Crippen LogP contribution in [0.5, 0.6) is 0 Å². The molecule has 108 valence electrons. The van der Waals surface area contributed by atoms with Crippen LogP contribution in [0.15, 0.2) is 18.3 Å². The molecule has 6 nitrogen and oxygen atoms in total. The van der Waals surface area contributed by atoms with Gasteiger partial charge in [0.2, 0.25) is 5.91 Å². The number of piperidine rings is 1. The molecule has 0 saturated carbocycles. The number of rotatable bonds is 4. The first-order chi connectivity index (χ1) is 9.59. The third kappa shape index (κ3) is 3.33. The van der Waals surface area contributed by atoms with Gasteiger partial charge in [-0.1, -0.05) is 0 Å². The summed E-state index contributed by atoms with van der Waals surface area (Å²) in [4.78, 5) is 29.6. The fourth-order valence-electron chi connectivity index (χ4n) is 2.52. The zero-order valence-corrected chi connectivity index (χ0v) is 11.6. The minimum Gasteiger partial charge on any atom is -0.368 e. The van der Waals surface area contributed by atoms with Crippen molar-refractivity contribution in [3.63, 3.8) is 0 Å². The third-order valence-corrected chi connectivity index (χ3v) is 3.57. The molecule has 0 aliphatic carbocycles. The number of hydrogen-bond acceptors (Lipinski definition) is 4. The lowest BCUT2D eigenvalue weighted by Crippen LogP contribution is -2.49. The van der Waals surface area contributed by atoms with E-state index >= 15 is 0 Å². The van der Waals surface area contributed by atoms with Gasteiger partial charge in [0, 0.05) is 17.9 Å². The topological polar surface area (TPSA) is 88.3 Å². The number of aromatic nitrogens is 1. The van der Waals surface area contributed by atoms with E-state index in [1.165, 1.54) is 0 Å². The summed E-state index contributed by atoms with van der Waals surface area (Å²) in [6.45, 7) is 3.44. The van der Waals surface area contributed by atoms with Gasteiger partial charge in [0.15, 0.2) is 0 Å². The van der Waals surface area contributed by atoms with E-state index in [2.05, 4.69) is 10.3 Å². The predicted molar refractivity (Wildman–Crippen MR) is 75.1 cm³/mol. The smallest absolute Gasteiger partial charge is 0.256 e. The van der Waals surface area contributed by atoms with Crippen molar-refractivity contribution in [1.29, 1.82) is 0 Å². The zero-order valence-electron chi connectivity index (χ0n) is 11.6. The molecule has 1 aromatic rings. The van der Waals surface area contributed by atoms with E-state index in [1.54, 1.807) is 30.2 Å². The number of aryl methyl sites for hydroxylation is 1. The molecule has 2 heterocycles. The molecule has 0 spiro atoms. The minimum atomic E-state index is -0.488. The number of nitrogens with two attached hydrogens (primary N) is 1. The second kappa shape index (κ2) is 6.47. The van der Waals surface area contributed by atoms with Crippen molar-refractivity contribution < 1.29 is 9.59 Å². The maximum Gasteiger partial charge on any atom is 0.256 e. The number of amides is 2. The largest absolute Gasteiger partial charge is 0.368 e. The molecule has 2 amide bonds. The monoisotopic (exact) mass is 276 g/mol. The summed E-state index contributed by atoms with van der Waals surface area (Å²) < 4.78 is 0. The van der Waals surface area contributed by atoms with Crippen LogP contribution in [0.3, 0.4) is 0 Å². The molecule has 1 saturated heterocycles. The lowest BCUT2D eigenvalue weighted by molar-refractivity contribution is -0.119. The number of nitrogens with zero attached hydrogens (tertiary/aromatic N) is 2. The Kier molecular flexibility index (Phi) is 4.68. The number of carbonyl (C=O) groups is 2. The van der Waals surface area contributed by atoms with Gasteiger partial charge < -0.3 is 16.0 Å². The fraction of sp³-hybridized carbons (Fsp3) is 0.500. The lowest BCUT2D eigenvalue weighted by Gasteiger charge is -2.34. The summed E-state index contributed by atoms with van der Waals surface area (Å²) in [6, 6.07) is 3.51. The molecule has 0 bridgehead atoms. The highest BCUT2D eigenvalue weighted by molar-refractivity contribution is 5.97. The summed E-state index contributed by atoms with van der Waals surface area (Å²) >= 11 is 0. The zero-order chi connectivity index (χ0) is 14.5. The lowest BCUT2D eigenvalue weighted by atomic mass is 10.0. The van der Waals surface area contributed by atoms with Gasteiger partial charge in [-0.3, -0.25) is 14.6 Å². The molecule has 6 heteroatoms. The number of carbonyl (C=O) groups excluding carboxylic acids is 2. The van der Waals surface area contributed by atoms with Gasteiger partial charge in [0.05, 0.1) is 12.1 Å². The van der Waals surface area contributed by atoms with Crippen molar-refractivity contribution in [1.82, 2.24) is 15.2 Å². The number of hydrogen-bond donors (Lipinski definition) is 2. The molecule has 0 aromatic carbocycles. The Morgan fingerprint density at radius 1 is 1.45 bits per heavy atom. The molecule has 0 atom stereocenters. The average molecular weight is 276 g/mol. The molecule has 1 aromatic heterocycles. The normalized spacial score (nSPS) is 15.8. The highest BCUT2D eigenvalue weighted by atomic mass is 16.2. The first kappa shape index (κ1) is 14.5. The van der Waals surface area contributed by atoms with Crippen molar-refractivity contribution >= 4 is 11.8 Å². The summed E-state index contributed by atoms with van der Waals surface area (Å²) in [5.74, 6) is -0.653. The quantitative estimate of drug-likeness (QED) is 0.814. The highest BCUT2D eigenvalue weighted by Crippen LogP contribution is 2.16. The van der Waals surface area contributed by atoms with E-state index < -0.39 is 5.91 Å². The van der Waals surface area contributed by atoms with Crippen LogP contribution in [0.2, 0.25) is 0 Å². The van der Waals surface area contributed by atoms with Crippen LogP contribution in [0.4, 0.5) is 0 Å². The molecule has 0 unspecified atom stereocenters. The van der Waals surface area contributed by atoms with Crippen molar-refractivity contribution in [2.75, 3.05) is 19.6 Å². The van der Waals surface area contributed by atoms with Crippen LogP contribution < -0.4 is 11.1 Å². The standard InChI is InChI=1S/C14H20N4O2/c1-10-12(3-2-6-17-10)14(20)18(9-13(15)19)11-4-7-16-8-5-11/h2-3,6,11,16H,4-5,7-9H2,1H3,(H2,15,19). The van der Waals surface area contributed by atoms with Crippen molar-refractivity contribution in [3.8, 4) is 0 Å². The number of pyridine rings is 1.